The highest BCUT2D eigenvalue weighted by molar-refractivity contribution is 6.00. The molecule has 4 amide bonds. The lowest BCUT2D eigenvalue weighted by atomic mass is 9.83. The van der Waals surface area contributed by atoms with Crippen LogP contribution in [-0.4, -0.2) is 47.4 Å². The number of piperazine rings is 1. The molecule has 1 atom stereocenters. The van der Waals surface area contributed by atoms with Crippen molar-refractivity contribution in [2.75, 3.05) is 18.4 Å². The third kappa shape index (κ3) is 4.23. The fraction of sp³-hybridized carbons (Fsp3) is 0.550. The van der Waals surface area contributed by atoms with E-state index in [1.807, 2.05) is 45.0 Å². The minimum Gasteiger partial charge on any atom is -0.342 e. The van der Waals surface area contributed by atoms with Crippen molar-refractivity contribution in [1.82, 2.24) is 15.5 Å². The maximum absolute atomic E-state index is 12.7. The molecule has 3 rings (SSSR count). The maximum atomic E-state index is 12.7. The second-order valence-corrected chi connectivity index (χ2v) is 8.01. The number of carbonyl (C=O) groups excluding carboxylic acids is 3. The van der Waals surface area contributed by atoms with Crippen molar-refractivity contribution in [3.8, 4) is 0 Å². The summed E-state index contributed by atoms with van der Waals surface area (Å²) >= 11 is 0. The van der Waals surface area contributed by atoms with E-state index in [1.165, 1.54) is 0 Å². The number of nitrogens with one attached hydrogen (secondary N) is 3. The number of anilines is 1. The summed E-state index contributed by atoms with van der Waals surface area (Å²) in [6.07, 6.45) is 1.46. The lowest BCUT2D eigenvalue weighted by Crippen LogP contribution is -2.72. The van der Waals surface area contributed by atoms with Gasteiger partial charge in [-0.3, -0.25) is 9.59 Å². The zero-order valence-electron chi connectivity index (χ0n) is 16.2. The van der Waals surface area contributed by atoms with E-state index in [0.717, 1.165) is 11.3 Å². The number of urea groups is 1. The Kier molecular flexibility index (Phi) is 5.39. The summed E-state index contributed by atoms with van der Waals surface area (Å²) in [5.74, 6) is 0.0645. The fourth-order valence-corrected chi connectivity index (χ4v) is 3.66. The van der Waals surface area contributed by atoms with Gasteiger partial charge in [0.05, 0.1) is 0 Å². The number of hydrogen-bond donors (Lipinski definition) is 3. The molecule has 0 saturated carbocycles. The number of nitrogens with zero attached hydrogens (tertiary/aromatic N) is 1. The maximum Gasteiger partial charge on any atom is 0.321 e. The highest BCUT2D eigenvalue weighted by Crippen LogP contribution is 2.27. The lowest BCUT2D eigenvalue weighted by molar-refractivity contribution is -0.143. The van der Waals surface area contributed by atoms with Crippen LogP contribution in [0.3, 0.4) is 0 Å². The van der Waals surface area contributed by atoms with Crippen LogP contribution in [0.15, 0.2) is 24.3 Å². The van der Waals surface area contributed by atoms with Gasteiger partial charge in [-0.2, -0.15) is 0 Å². The van der Waals surface area contributed by atoms with E-state index in [0.29, 0.717) is 38.3 Å². The van der Waals surface area contributed by atoms with Crippen LogP contribution in [0, 0.1) is 12.8 Å². The molecule has 27 heavy (non-hydrogen) atoms. The first-order valence-corrected chi connectivity index (χ1v) is 9.55. The monoisotopic (exact) mass is 372 g/mol. The molecule has 0 bridgehead atoms. The van der Waals surface area contributed by atoms with Crippen LogP contribution in [-0.2, 0) is 9.59 Å². The Hall–Kier alpha value is -2.57. The summed E-state index contributed by atoms with van der Waals surface area (Å²) in [5, 5.41) is 8.70. The highest BCUT2D eigenvalue weighted by Gasteiger charge is 2.48. The smallest absolute Gasteiger partial charge is 0.321 e. The topological polar surface area (TPSA) is 90.5 Å². The van der Waals surface area contributed by atoms with Crippen molar-refractivity contribution in [1.29, 1.82) is 0 Å². The molecule has 2 aliphatic heterocycles. The van der Waals surface area contributed by atoms with E-state index in [9.17, 15) is 14.4 Å². The number of piperidine rings is 1. The second kappa shape index (κ2) is 7.58. The minimum absolute atomic E-state index is 0.124. The van der Waals surface area contributed by atoms with Crippen molar-refractivity contribution >= 4 is 23.5 Å². The second-order valence-electron chi connectivity index (χ2n) is 8.01. The predicted molar refractivity (Wildman–Crippen MR) is 103 cm³/mol. The average Bonchev–Trinajstić information content (AvgIpc) is 2.62. The molecule has 3 N–H and O–H groups in total. The fourth-order valence-electron chi connectivity index (χ4n) is 3.66. The summed E-state index contributed by atoms with van der Waals surface area (Å²) in [5.41, 5.74) is 0.972. The molecule has 0 aromatic heterocycles. The van der Waals surface area contributed by atoms with E-state index in [4.69, 9.17) is 0 Å². The zero-order valence-corrected chi connectivity index (χ0v) is 16.2. The highest BCUT2D eigenvalue weighted by atomic mass is 16.2. The standard InChI is InChI=1S/C20H28N4O3/c1-13(2)12-16-17(25)23-20(18(26)22-16)8-10-24(11-9-20)19(27)21-15-6-4-14(3)5-7-15/h4-7,13,16H,8-12H2,1-3H3,(H,21,27)(H,22,26)(H,23,25). The van der Waals surface area contributed by atoms with Crippen LogP contribution in [0.5, 0.6) is 0 Å². The number of likely N-dealkylation sites (tertiary alicyclic amines) is 1. The number of amides is 4. The van der Waals surface area contributed by atoms with E-state index >= 15 is 0 Å². The third-order valence-corrected chi connectivity index (χ3v) is 5.33. The molecule has 7 nitrogen and oxygen atoms in total. The molecule has 1 aromatic carbocycles. The SMILES string of the molecule is Cc1ccc(NC(=O)N2CCC3(CC2)NC(=O)C(CC(C)C)NC3=O)cc1. The van der Waals surface area contributed by atoms with Crippen LogP contribution in [0.2, 0.25) is 0 Å². The number of benzene rings is 1. The van der Waals surface area contributed by atoms with Gasteiger partial charge in [0.15, 0.2) is 0 Å². The van der Waals surface area contributed by atoms with Gasteiger partial charge in [0.1, 0.15) is 11.6 Å². The minimum atomic E-state index is -0.898. The van der Waals surface area contributed by atoms with E-state index in [-0.39, 0.29) is 17.8 Å². The molecule has 0 aliphatic carbocycles. The molecule has 7 heteroatoms. The zero-order chi connectivity index (χ0) is 19.6. The molecule has 146 valence electrons. The Morgan fingerprint density at radius 3 is 2.44 bits per heavy atom. The van der Waals surface area contributed by atoms with Gasteiger partial charge in [0, 0.05) is 18.8 Å². The van der Waals surface area contributed by atoms with Gasteiger partial charge in [-0.1, -0.05) is 31.5 Å². The lowest BCUT2D eigenvalue weighted by Gasteiger charge is -2.45. The molecular weight excluding hydrogens is 344 g/mol. The van der Waals surface area contributed by atoms with E-state index in [2.05, 4.69) is 16.0 Å². The largest absolute Gasteiger partial charge is 0.342 e. The van der Waals surface area contributed by atoms with Crippen LogP contribution >= 0.6 is 0 Å². The first-order chi connectivity index (χ1) is 12.8. The Bertz CT molecular complexity index is 721. The summed E-state index contributed by atoms with van der Waals surface area (Å²) in [6.45, 7) is 6.87. The van der Waals surface area contributed by atoms with E-state index in [1.54, 1.807) is 4.90 Å². The summed E-state index contributed by atoms with van der Waals surface area (Å²) in [6, 6.07) is 6.96. The van der Waals surface area contributed by atoms with Crippen molar-refractivity contribution in [3.63, 3.8) is 0 Å². The number of carbonyl (C=O) groups is 3. The van der Waals surface area contributed by atoms with Crippen LogP contribution < -0.4 is 16.0 Å². The Labute approximate surface area is 159 Å². The van der Waals surface area contributed by atoms with Crippen LogP contribution in [0.1, 0.15) is 38.7 Å². The molecule has 1 unspecified atom stereocenters. The van der Waals surface area contributed by atoms with Crippen LogP contribution in [0.25, 0.3) is 0 Å². The molecule has 2 saturated heterocycles. The Balaban J connectivity index is 1.58. The summed E-state index contributed by atoms with van der Waals surface area (Å²) < 4.78 is 0. The van der Waals surface area contributed by atoms with E-state index < -0.39 is 11.6 Å². The molecule has 2 heterocycles. The van der Waals surface area contributed by atoms with Gasteiger partial charge in [0.25, 0.3) is 0 Å². The van der Waals surface area contributed by atoms with Gasteiger partial charge < -0.3 is 20.9 Å². The Morgan fingerprint density at radius 2 is 1.85 bits per heavy atom. The molecule has 1 spiro atoms. The number of aryl methyl sites for hydroxylation is 1. The van der Waals surface area contributed by atoms with Crippen molar-refractivity contribution in [2.24, 2.45) is 5.92 Å². The summed E-state index contributed by atoms with van der Waals surface area (Å²) in [7, 11) is 0. The quantitative estimate of drug-likeness (QED) is 0.758. The van der Waals surface area contributed by atoms with Gasteiger partial charge in [-0.05, 0) is 44.2 Å². The first kappa shape index (κ1) is 19.2. The molecule has 2 aliphatic rings. The van der Waals surface area contributed by atoms with Gasteiger partial charge in [-0.25, -0.2) is 4.79 Å². The van der Waals surface area contributed by atoms with Crippen LogP contribution in [0.4, 0.5) is 10.5 Å². The predicted octanol–water partition coefficient (Wildman–Crippen LogP) is 2.02. The number of rotatable bonds is 3. The normalized spacial score (nSPS) is 21.8. The van der Waals surface area contributed by atoms with Crippen molar-refractivity contribution < 1.29 is 14.4 Å². The first-order valence-electron chi connectivity index (χ1n) is 9.55. The number of hydrogen-bond acceptors (Lipinski definition) is 3. The third-order valence-electron chi connectivity index (χ3n) is 5.33. The molecule has 1 aromatic rings. The average molecular weight is 372 g/mol. The molecular formula is C20H28N4O3. The molecule has 2 fully saturated rings. The Morgan fingerprint density at radius 1 is 1.22 bits per heavy atom. The van der Waals surface area contributed by atoms with Crippen molar-refractivity contribution in [2.45, 2.75) is 51.6 Å². The van der Waals surface area contributed by atoms with Crippen molar-refractivity contribution in [3.05, 3.63) is 29.8 Å². The molecule has 0 radical (unpaired) electrons. The summed E-state index contributed by atoms with van der Waals surface area (Å²) in [4.78, 5) is 39.2. The van der Waals surface area contributed by atoms with Gasteiger partial charge in [0.2, 0.25) is 11.8 Å². The van der Waals surface area contributed by atoms with Gasteiger partial charge >= 0.3 is 6.03 Å². The van der Waals surface area contributed by atoms with Gasteiger partial charge in [-0.15, -0.1) is 0 Å².